The summed E-state index contributed by atoms with van der Waals surface area (Å²) in [5.74, 6) is 0. The predicted octanol–water partition coefficient (Wildman–Crippen LogP) is 2.57. The molecule has 5 heteroatoms. The molecule has 2 aromatic rings. The lowest BCUT2D eigenvalue weighted by Gasteiger charge is -2.21. The normalized spacial score (nSPS) is 15.2. The summed E-state index contributed by atoms with van der Waals surface area (Å²) in [5.41, 5.74) is 1.24. The van der Waals surface area contributed by atoms with Crippen LogP contribution >= 0.6 is 0 Å². The average Bonchev–Trinajstić information content (AvgIpc) is 3.04. The topological polar surface area (TPSA) is 47.7 Å². The Morgan fingerprint density at radius 2 is 2.00 bits per heavy atom. The van der Waals surface area contributed by atoms with Crippen LogP contribution in [-0.4, -0.2) is 25.6 Å². The molecule has 5 nitrogen and oxygen atoms in total. The quantitative estimate of drug-likeness (QED) is 0.912. The molecule has 0 spiro atoms. The standard InChI is InChI=1S/C15H25N5/c1-12(13(2)19-8-6-7-17-19)16-9-14-10-18-20(11-14)15(3,4)5/h6-8,10-13,16H,9H2,1-5H3/t12-,13-/m0/s1. The molecule has 0 aliphatic rings. The van der Waals surface area contributed by atoms with Crippen molar-refractivity contribution < 1.29 is 0 Å². The van der Waals surface area contributed by atoms with E-state index in [-0.39, 0.29) is 5.54 Å². The molecule has 20 heavy (non-hydrogen) atoms. The van der Waals surface area contributed by atoms with Crippen LogP contribution in [0.2, 0.25) is 0 Å². The Labute approximate surface area is 121 Å². The van der Waals surface area contributed by atoms with Gasteiger partial charge in [-0.15, -0.1) is 0 Å². The zero-order valence-corrected chi connectivity index (χ0v) is 13.0. The minimum atomic E-state index is 0.0339. The largest absolute Gasteiger partial charge is 0.308 e. The fourth-order valence-corrected chi connectivity index (χ4v) is 2.02. The van der Waals surface area contributed by atoms with Gasteiger partial charge >= 0.3 is 0 Å². The molecule has 2 atom stereocenters. The van der Waals surface area contributed by atoms with E-state index in [1.54, 1.807) is 0 Å². The summed E-state index contributed by atoms with van der Waals surface area (Å²) >= 11 is 0. The maximum atomic E-state index is 4.42. The molecule has 0 saturated heterocycles. The summed E-state index contributed by atoms with van der Waals surface area (Å²) in [6.45, 7) is 11.6. The van der Waals surface area contributed by atoms with Gasteiger partial charge in [-0.1, -0.05) is 0 Å². The summed E-state index contributed by atoms with van der Waals surface area (Å²) in [4.78, 5) is 0. The molecule has 0 aromatic carbocycles. The van der Waals surface area contributed by atoms with Gasteiger partial charge < -0.3 is 5.32 Å². The number of rotatable bonds is 5. The van der Waals surface area contributed by atoms with E-state index in [9.17, 15) is 0 Å². The lowest BCUT2D eigenvalue weighted by atomic mass is 10.1. The molecular weight excluding hydrogens is 250 g/mol. The van der Waals surface area contributed by atoms with Gasteiger partial charge in [-0.25, -0.2) is 0 Å². The van der Waals surface area contributed by atoms with Crippen LogP contribution in [-0.2, 0) is 12.1 Å². The van der Waals surface area contributed by atoms with Crippen LogP contribution in [0.15, 0.2) is 30.9 Å². The van der Waals surface area contributed by atoms with E-state index in [1.165, 1.54) is 5.56 Å². The summed E-state index contributed by atoms with van der Waals surface area (Å²) in [5, 5.41) is 12.2. The molecule has 0 aliphatic carbocycles. The first-order valence-electron chi connectivity index (χ1n) is 7.14. The zero-order valence-electron chi connectivity index (χ0n) is 13.0. The van der Waals surface area contributed by atoms with E-state index in [1.807, 2.05) is 34.0 Å². The first-order chi connectivity index (χ1) is 9.38. The van der Waals surface area contributed by atoms with Crippen LogP contribution in [0.25, 0.3) is 0 Å². The van der Waals surface area contributed by atoms with Gasteiger partial charge in [0, 0.05) is 36.7 Å². The molecule has 2 heterocycles. The molecule has 0 radical (unpaired) electrons. The van der Waals surface area contributed by atoms with Crippen LogP contribution in [0.4, 0.5) is 0 Å². The Hall–Kier alpha value is -1.62. The fraction of sp³-hybridized carbons (Fsp3) is 0.600. The third-order valence-electron chi connectivity index (χ3n) is 3.62. The Morgan fingerprint density at radius 3 is 2.55 bits per heavy atom. The molecule has 0 amide bonds. The molecule has 0 fully saturated rings. The van der Waals surface area contributed by atoms with Crippen LogP contribution in [0.1, 0.15) is 46.2 Å². The third kappa shape index (κ3) is 3.48. The first kappa shape index (κ1) is 14.8. The van der Waals surface area contributed by atoms with Gasteiger partial charge in [-0.2, -0.15) is 10.2 Å². The van der Waals surface area contributed by atoms with Crippen molar-refractivity contribution in [1.29, 1.82) is 0 Å². The lowest BCUT2D eigenvalue weighted by molar-refractivity contribution is 0.353. The minimum Gasteiger partial charge on any atom is -0.308 e. The SMILES string of the molecule is C[C@H](NCc1cnn(C(C)(C)C)c1)[C@H](C)n1cccn1. The highest BCUT2D eigenvalue weighted by Gasteiger charge is 2.16. The highest BCUT2D eigenvalue weighted by molar-refractivity contribution is 5.05. The van der Waals surface area contributed by atoms with Gasteiger partial charge in [0.25, 0.3) is 0 Å². The summed E-state index contributed by atoms with van der Waals surface area (Å²) in [7, 11) is 0. The van der Waals surface area contributed by atoms with Crippen LogP contribution in [0, 0.1) is 0 Å². The van der Waals surface area contributed by atoms with Crippen LogP contribution < -0.4 is 5.32 Å². The molecule has 110 valence electrons. The van der Waals surface area contributed by atoms with Crippen molar-refractivity contribution in [2.24, 2.45) is 0 Å². The van der Waals surface area contributed by atoms with Gasteiger partial charge in [0.2, 0.25) is 0 Å². The predicted molar refractivity (Wildman–Crippen MR) is 80.5 cm³/mol. The molecule has 0 aliphatic heterocycles. The maximum Gasteiger partial charge on any atom is 0.0641 e. The maximum absolute atomic E-state index is 4.42. The second kappa shape index (κ2) is 5.79. The number of nitrogens with one attached hydrogen (secondary N) is 1. The van der Waals surface area contributed by atoms with Crippen LogP contribution in [0.5, 0.6) is 0 Å². The third-order valence-corrected chi connectivity index (χ3v) is 3.62. The van der Waals surface area contributed by atoms with E-state index >= 15 is 0 Å². The first-order valence-corrected chi connectivity index (χ1v) is 7.14. The summed E-state index contributed by atoms with van der Waals surface area (Å²) in [6, 6.07) is 2.62. The van der Waals surface area contributed by atoms with Crippen molar-refractivity contribution in [3.05, 3.63) is 36.4 Å². The molecular formula is C15H25N5. The highest BCUT2D eigenvalue weighted by atomic mass is 15.3. The number of aromatic nitrogens is 4. The Bertz CT molecular complexity index is 521. The second-order valence-electron chi connectivity index (χ2n) is 6.36. The van der Waals surface area contributed by atoms with Crippen molar-refractivity contribution in [3.63, 3.8) is 0 Å². The number of nitrogens with zero attached hydrogens (tertiary/aromatic N) is 4. The van der Waals surface area contributed by atoms with Crippen molar-refractivity contribution in [1.82, 2.24) is 24.9 Å². The summed E-state index contributed by atoms with van der Waals surface area (Å²) < 4.78 is 3.99. The molecule has 2 aromatic heterocycles. The average molecular weight is 275 g/mol. The Morgan fingerprint density at radius 1 is 1.25 bits per heavy atom. The van der Waals surface area contributed by atoms with Crippen LogP contribution in [0.3, 0.4) is 0 Å². The van der Waals surface area contributed by atoms with E-state index in [4.69, 9.17) is 0 Å². The van der Waals surface area contributed by atoms with Crippen molar-refractivity contribution in [2.75, 3.05) is 0 Å². The highest BCUT2D eigenvalue weighted by Crippen LogP contribution is 2.14. The Balaban J connectivity index is 1.90. The smallest absolute Gasteiger partial charge is 0.0641 e. The monoisotopic (exact) mass is 275 g/mol. The lowest BCUT2D eigenvalue weighted by Crippen LogP contribution is -2.33. The van der Waals surface area contributed by atoms with E-state index < -0.39 is 0 Å². The van der Waals surface area contributed by atoms with Gasteiger partial charge in [0.15, 0.2) is 0 Å². The van der Waals surface area contributed by atoms with E-state index in [0.717, 1.165) is 6.54 Å². The zero-order chi connectivity index (χ0) is 14.8. The number of hydrogen-bond donors (Lipinski definition) is 1. The van der Waals surface area contributed by atoms with E-state index in [0.29, 0.717) is 12.1 Å². The molecule has 0 saturated carbocycles. The van der Waals surface area contributed by atoms with Gasteiger partial charge in [-0.05, 0) is 40.7 Å². The van der Waals surface area contributed by atoms with Gasteiger partial charge in [0.05, 0.1) is 17.8 Å². The fourth-order valence-electron chi connectivity index (χ4n) is 2.02. The van der Waals surface area contributed by atoms with Crippen molar-refractivity contribution in [2.45, 2.75) is 58.8 Å². The Kier molecular flexibility index (Phi) is 4.28. The van der Waals surface area contributed by atoms with E-state index in [2.05, 4.69) is 56.3 Å². The molecule has 0 bridgehead atoms. The second-order valence-corrected chi connectivity index (χ2v) is 6.36. The van der Waals surface area contributed by atoms with Gasteiger partial charge in [-0.3, -0.25) is 9.36 Å². The molecule has 2 rings (SSSR count). The molecule has 1 N–H and O–H groups in total. The summed E-state index contributed by atoms with van der Waals surface area (Å²) in [6.07, 6.45) is 7.86. The molecule has 0 unspecified atom stereocenters. The minimum absolute atomic E-state index is 0.0339. The van der Waals surface area contributed by atoms with Gasteiger partial charge in [0.1, 0.15) is 0 Å². The number of hydrogen-bond acceptors (Lipinski definition) is 3. The van der Waals surface area contributed by atoms with Crippen molar-refractivity contribution >= 4 is 0 Å². The van der Waals surface area contributed by atoms with Crippen molar-refractivity contribution in [3.8, 4) is 0 Å².